The van der Waals surface area contributed by atoms with Gasteiger partial charge in [0.25, 0.3) is 0 Å². The number of carbonyl (C=O) groups is 2. The Kier molecular flexibility index (Phi) is 13.4. The van der Waals surface area contributed by atoms with E-state index in [0.29, 0.717) is 32.7 Å². The third-order valence-corrected chi connectivity index (χ3v) is 7.91. The zero-order chi connectivity index (χ0) is 30.1. The number of hydrogen-bond acceptors (Lipinski definition) is 12. The number of anilines is 1. The largest absolute Gasteiger partial charge is 1.00 e. The van der Waals surface area contributed by atoms with Gasteiger partial charge in [0, 0.05) is 33.3 Å². The first-order chi connectivity index (χ1) is 20.3. The van der Waals surface area contributed by atoms with E-state index in [1.807, 2.05) is 17.5 Å². The molecule has 0 saturated heterocycles. The molecule has 0 radical (unpaired) electrons. The van der Waals surface area contributed by atoms with Gasteiger partial charge in [0.2, 0.25) is 0 Å². The van der Waals surface area contributed by atoms with Gasteiger partial charge in [0.05, 0.1) is 17.7 Å². The number of pyridine rings is 1. The van der Waals surface area contributed by atoms with Gasteiger partial charge in [0.15, 0.2) is 0 Å². The summed E-state index contributed by atoms with van der Waals surface area (Å²) < 4.78 is 10.5. The Morgan fingerprint density at radius 1 is 0.977 bits per heavy atom. The standard InChI is InChI=1S/C29H22ClN5O5S2.K/c30-19-5-1-18(2-6-19)28-34-20(15-41-28)16-42-29-23(14-32)26(22(13-31)27(33)35-29)17-3-7-21(8-4-17)39-11-12-40-25(38)10-9-24(36)37;/h1-8,15H,9-12,16H2,(H2,33,35)(H,36,37);/q;+1/p-1. The van der Waals surface area contributed by atoms with E-state index in [-0.39, 0.29) is 88.0 Å². The van der Waals surface area contributed by atoms with Crippen LogP contribution in [-0.4, -0.2) is 35.1 Å². The van der Waals surface area contributed by atoms with Crippen LogP contribution in [0.25, 0.3) is 21.7 Å². The van der Waals surface area contributed by atoms with E-state index in [1.165, 1.54) is 23.1 Å². The molecule has 2 aromatic carbocycles. The summed E-state index contributed by atoms with van der Waals surface area (Å²) in [6.07, 6.45) is -0.685. The van der Waals surface area contributed by atoms with E-state index in [4.69, 9.17) is 26.8 Å². The smallest absolute Gasteiger partial charge is 0.550 e. The topological polar surface area (TPSA) is 175 Å². The molecule has 212 valence electrons. The number of carboxylic acids is 1. The Hall–Kier alpha value is -2.98. The van der Waals surface area contributed by atoms with Gasteiger partial charge in [-0.25, -0.2) is 9.97 Å². The number of thiazole rings is 1. The molecule has 4 rings (SSSR count). The number of benzene rings is 2. The van der Waals surface area contributed by atoms with Crippen LogP contribution in [0.1, 0.15) is 29.7 Å². The minimum atomic E-state index is -1.33. The fourth-order valence-electron chi connectivity index (χ4n) is 3.74. The number of hydrogen-bond donors (Lipinski definition) is 1. The molecule has 0 atom stereocenters. The number of esters is 1. The summed E-state index contributed by atoms with van der Waals surface area (Å²) in [6.45, 7) is -0.0188. The molecule has 10 nitrogen and oxygen atoms in total. The van der Waals surface area contributed by atoms with Crippen LogP contribution >= 0.6 is 34.7 Å². The van der Waals surface area contributed by atoms with Crippen molar-refractivity contribution < 1.29 is 75.6 Å². The van der Waals surface area contributed by atoms with E-state index in [2.05, 4.69) is 22.1 Å². The number of rotatable bonds is 12. The third kappa shape index (κ3) is 9.50. The molecule has 0 bridgehead atoms. The zero-order valence-corrected chi connectivity index (χ0v) is 28.3. The molecule has 14 heteroatoms. The van der Waals surface area contributed by atoms with Gasteiger partial charge in [-0.1, -0.05) is 47.6 Å². The minimum absolute atomic E-state index is 0. The van der Waals surface area contributed by atoms with Crippen LogP contribution in [0, 0.1) is 22.7 Å². The molecule has 4 aromatic rings. The monoisotopic (exact) mass is 657 g/mol. The molecule has 0 aliphatic rings. The molecule has 0 spiro atoms. The Balaban J connectivity index is 0.00000506. The number of nitrogen functional groups attached to an aromatic ring is 1. The Bertz CT molecular complexity index is 1690. The van der Waals surface area contributed by atoms with Gasteiger partial charge in [-0.2, -0.15) is 10.5 Å². The molecule has 0 unspecified atom stereocenters. The van der Waals surface area contributed by atoms with Gasteiger partial charge in [-0.15, -0.1) is 11.3 Å². The number of nitrogens with two attached hydrogens (primary N) is 1. The molecule has 0 aliphatic carbocycles. The average molecular weight is 658 g/mol. The normalized spacial score (nSPS) is 10.2. The van der Waals surface area contributed by atoms with E-state index in [1.54, 1.807) is 36.4 Å². The van der Waals surface area contributed by atoms with Gasteiger partial charge in [-0.3, -0.25) is 4.79 Å². The van der Waals surface area contributed by atoms with Crippen LogP contribution in [0.15, 0.2) is 58.9 Å². The van der Waals surface area contributed by atoms with Crippen LogP contribution in [0.2, 0.25) is 5.02 Å². The second-order valence-corrected chi connectivity index (χ2v) is 10.8. The number of nitriles is 2. The first kappa shape index (κ1) is 34.5. The van der Waals surface area contributed by atoms with E-state index < -0.39 is 18.4 Å². The van der Waals surface area contributed by atoms with E-state index >= 15 is 0 Å². The first-order valence-electron chi connectivity index (χ1n) is 12.3. The fourth-order valence-corrected chi connectivity index (χ4v) is 5.69. The summed E-state index contributed by atoms with van der Waals surface area (Å²) in [5, 5.41) is 34.1. The molecular weight excluding hydrogens is 637 g/mol. The first-order valence-corrected chi connectivity index (χ1v) is 14.6. The van der Waals surface area contributed by atoms with Crippen LogP contribution in [0.4, 0.5) is 5.82 Å². The quantitative estimate of drug-likeness (QED) is 0.101. The van der Waals surface area contributed by atoms with Gasteiger partial charge < -0.3 is 25.1 Å². The number of thioether (sulfide) groups is 1. The van der Waals surface area contributed by atoms with Crippen molar-refractivity contribution in [3.63, 3.8) is 0 Å². The van der Waals surface area contributed by atoms with Crippen LogP contribution in [0.3, 0.4) is 0 Å². The van der Waals surface area contributed by atoms with Crippen molar-refractivity contribution in [2.45, 2.75) is 23.6 Å². The second-order valence-electron chi connectivity index (χ2n) is 8.56. The summed E-state index contributed by atoms with van der Waals surface area (Å²) in [5.74, 6) is -1.09. The van der Waals surface area contributed by atoms with Crippen LogP contribution < -0.4 is 67.0 Å². The van der Waals surface area contributed by atoms with Crippen LogP contribution in [0.5, 0.6) is 5.75 Å². The molecule has 43 heavy (non-hydrogen) atoms. The van der Waals surface area contributed by atoms with E-state index in [0.717, 1.165) is 16.3 Å². The summed E-state index contributed by atoms with van der Waals surface area (Å²) in [7, 11) is 0. The maximum atomic E-state index is 11.5. The van der Waals surface area contributed by atoms with Crippen LogP contribution in [-0.2, 0) is 20.1 Å². The van der Waals surface area contributed by atoms with Crippen molar-refractivity contribution in [2.75, 3.05) is 18.9 Å². The zero-order valence-electron chi connectivity index (χ0n) is 22.8. The van der Waals surface area contributed by atoms with Crippen molar-refractivity contribution >= 4 is 52.5 Å². The number of carbonyl (C=O) groups excluding carboxylic acids is 2. The predicted molar refractivity (Wildman–Crippen MR) is 156 cm³/mol. The van der Waals surface area contributed by atoms with Crippen molar-refractivity contribution in [3.05, 3.63) is 75.8 Å². The van der Waals surface area contributed by atoms with Gasteiger partial charge >= 0.3 is 57.4 Å². The molecule has 2 aromatic heterocycles. The molecular formula is C29H21ClKN5O5S2. The molecule has 0 amide bonds. The SMILES string of the molecule is N#Cc1c(N)nc(SCc2csc(-c3ccc(Cl)cc3)n2)c(C#N)c1-c1ccc(OCCOC(=O)CCC(=O)[O-])cc1.[K+]. The van der Waals surface area contributed by atoms with Crippen molar-refractivity contribution in [1.29, 1.82) is 10.5 Å². The number of ether oxygens (including phenoxy) is 2. The molecule has 0 saturated carbocycles. The summed E-state index contributed by atoms with van der Waals surface area (Å²) in [5.41, 5.74) is 9.14. The van der Waals surface area contributed by atoms with Crippen molar-refractivity contribution in [1.82, 2.24) is 9.97 Å². The predicted octanol–water partition coefficient (Wildman–Crippen LogP) is 1.60. The third-order valence-electron chi connectivity index (χ3n) is 5.71. The number of aliphatic carboxylic acids is 1. The Labute approximate surface area is 303 Å². The van der Waals surface area contributed by atoms with Crippen molar-refractivity contribution in [3.8, 4) is 39.6 Å². The molecule has 0 aliphatic heterocycles. The average Bonchev–Trinajstić information content (AvgIpc) is 3.46. The molecule has 2 heterocycles. The Morgan fingerprint density at radius 2 is 1.65 bits per heavy atom. The number of carboxylic acid groups (broad SMARTS) is 1. The van der Waals surface area contributed by atoms with E-state index in [9.17, 15) is 25.2 Å². The van der Waals surface area contributed by atoms with Crippen molar-refractivity contribution in [2.24, 2.45) is 0 Å². The molecule has 2 N–H and O–H groups in total. The maximum absolute atomic E-state index is 11.5. The summed E-state index contributed by atoms with van der Waals surface area (Å²) >= 11 is 8.78. The second kappa shape index (κ2) is 16.8. The fraction of sp³-hybridized carbons (Fsp3) is 0.172. The Morgan fingerprint density at radius 3 is 2.30 bits per heavy atom. The number of halogens is 1. The summed E-state index contributed by atoms with van der Waals surface area (Å²) in [6, 6.07) is 18.3. The van der Waals surface area contributed by atoms with Gasteiger partial charge in [0.1, 0.15) is 52.5 Å². The summed E-state index contributed by atoms with van der Waals surface area (Å²) in [4.78, 5) is 30.9. The molecule has 0 fully saturated rings. The number of nitrogens with zero attached hydrogens (tertiary/aromatic N) is 4. The van der Waals surface area contributed by atoms with Gasteiger partial charge in [-0.05, 0) is 36.2 Å². The maximum Gasteiger partial charge on any atom is 1.00 e. The minimum Gasteiger partial charge on any atom is -0.550 e. The number of aromatic nitrogens is 2.